The monoisotopic (exact) mass is 505 g/mol. The zero-order valence-electron chi connectivity index (χ0n) is 22.6. The fourth-order valence-corrected chi connectivity index (χ4v) is 4.02. The smallest absolute Gasteiger partial charge is 0.316 e. The molecular weight excluding hydrogens is 454 g/mol. The molecule has 0 bridgehead atoms. The first-order valence-electron chi connectivity index (χ1n) is 14.3. The van der Waals surface area contributed by atoms with Gasteiger partial charge in [-0.15, -0.1) is 0 Å². The SMILES string of the molecule is CCCCCCCCCCNC(=O)NCNC(=O)CCCCCCCCCCOc1ccc(O)cc1. The van der Waals surface area contributed by atoms with E-state index in [2.05, 4.69) is 22.9 Å². The number of phenolic OH excluding ortho intramolecular Hbond substituents is 1. The van der Waals surface area contributed by atoms with Crippen molar-refractivity contribution < 1.29 is 19.4 Å². The van der Waals surface area contributed by atoms with Gasteiger partial charge in [-0.05, 0) is 43.5 Å². The molecule has 0 spiro atoms. The van der Waals surface area contributed by atoms with E-state index in [1.54, 1.807) is 24.3 Å². The van der Waals surface area contributed by atoms with E-state index in [-0.39, 0.29) is 24.4 Å². The number of hydrogen-bond donors (Lipinski definition) is 4. The number of unbranched alkanes of at least 4 members (excludes halogenated alkanes) is 14. The third-order valence-electron chi connectivity index (χ3n) is 6.25. The maximum atomic E-state index is 11.9. The van der Waals surface area contributed by atoms with Crippen molar-refractivity contribution in [2.75, 3.05) is 19.8 Å². The zero-order chi connectivity index (χ0) is 26.1. The average molecular weight is 506 g/mol. The van der Waals surface area contributed by atoms with E-state index in [9.17, 15) is 14.7 Å². The molecule has 0 radical (unpaired) electrons. The Kier molecular flexibility index (Phi) is 20.2. The van der Waals surface area contributed by atoms with Gasteiger partial charge in [0.2, 0.25) is 5.91 Å². The van der Waals surface area contributed by atoms with E-state index in [0.29, 0.717) is 19.6 Å². The molecule has 0 saturated carbocycles. The Hall–Kier alpha value is -2.44. The number of hydrogen-bond acceptors (Lipinski definition) is 4. The van der Waals surface area contributed by atoms with E-state index >= 15 is 0 Å². The van der Waals surface area contributed by atoms with Crippen LogP contribution in [0.2, 0.25) is 0 Å². The normalized spacial score (nSPS) is 10.7. The lowest BCUT2D eigenvalue weighted by Gasteiger charge is -2.09. The number of aromatic hydroxyl groups is 1. The lowest BCUT2D eigenvalue weighted by Crippen LogP contribution is -2.42. The van der Waals surface area contributed by atoms with E-state index in [0.717, 1.165) is 50.7 Å². The van der Waals surface area contributed by atoms with Crippen LogP contribution >= 0.6 is 0 Å². The number of carbonyl (C=O) groups is 2. The standard InChI is InChI=1S/C29H51N3O4/c1-2-3-4-5-6-10-13-16-23-30-29(35)32-25-31-28(34)18-15-12-9-7-8-11-14-17-24-36-27-21-19-26(33)20-22-27/h19-22,33H,2-18,23-25H2,1H3,(H,31,34)(H2,30,32,35). The maximum Gasteiger partial charge on any atom is 0.316 e. The van der Waals surface area contributed by atoms with E-state index < -0.39 is 0 Å². The van der Waals surface area contributed by atoms with Gasteiger partial charge in [0.15, 0.2) is 0 Å². The Morgan fingerprint density at radius 1 is 0.694 bits per heavy atom. The second kappa shape index (κ2) is 23.0. The lowest BCUT2D eigenvalue weighted by molar-refractivity contribution is -0.121. The molecule has 1 rings (SSSR count). The van der Waals surface area contributed by atoms with Crippen molar-refractivity contribution in [2.24, 2.45) is 0 Å². The highest BCUT2D eigenvalue weighted by Gasteiger charge is 2.03. The molecule has 1 aromatic rings. The summed E-state index contributed by atoms with van der Waals surface area (Å²) in [5.41, 5.74) is 0. The van der Waals surface area contributed by atoms with Crippen LogP contribution in [-0.2, 0) is 4.79 Å². The Morgan fingerprint density at radius 2 is 1.25 bits per heavy atom. The first-order chi connectivity index (χ1) is 17.6. The van der Waals surface area contributed by atoms with Crippen LogP contribution in [0.5, 0.6) is 11.5 Å². The predicted octanol–water partition coefficient (Wildman–Crippen LogP) is 6.80. The summed E-state index contributed by atoms with van der Waals surface area (Å²) in [7, 11) is 0. The molecule has 0 saturated heterocycles. The minimum absolute atomic E-state index is 0.00741. The molecular formula is C29H51N3O4. The van der Waals surface area contributed by atoms with Crippen molar-refractivity contribution in [3.8, 4) is 11.5 Å². The van der Waals surface area contributed by atoms with Gasteiger partial charge in [0.05, 0.1) is 13.3 Å². The van der Waals surface area contributed by atoms with Gasteiger partial charge in [-0.3, -0.25) is 4.79 Å². The van der Waals surface area contributed by atoms with Crippen LogP contribution in [0.4, 0.5) is 4.79 Å². The lowest BCUT2D eigenvalue weighted by atomic mass is 10.1. The molecule has 0 aliphatic rings. The molecule has 206 valence electrons. The molecule has 7 nitrogen and oxygen atoms in total. The molecule has 0 aromatic heterocycles. The molecule has 0 heterocycles. The van der Waals surface area contributed by atoms with Gasteiger partial charge < -0.3 is 25.8 Å². The predicted molar refractivity (Wildman–Crippen MR) is 147 cm³/mol. The van der Waals surface area contributed by atoms with Crippen LogP contribution < -0.4 is 20.7 Å². The van der Waals surface area contributed by atoms with Crippen LogP contribution in [0.15, 0.2) is 24.3 Å². The number of nitrogens with one attached hydrogen (secondary N) is 3. The fraction of sp³-hybridized carbons (Fsp3) is 0.724. The molecule has 0 atom stereocenters. The minimum Gasteiger partial charge on any atom is -0.508 e. The number of carbonyl (C=O) groups excluding carboxylic acids is 2. The number of phenols is 1. The summed E-state index contributed by atoms with van der Waals surface area (Å²) >= 11 is 0. The van der Waals surface area contributed by atoms with Gasteiger partial charge in [0.1, 0.15) is 11.5 Å². The van der Waals surface area contributed by atoms with Gasteiger partial charge >= 0.3 is 6.03 Å². The minimum atomic E-state index is -0.217. The van der Waals surface area contributed by atoms with Gasteiger partial charge in [0.25, 0.3) is 0 Å². The Balaban J connectivity index is 1.80. The van der Waals surface area contributed by atoms with Crippen LogP contribution in [-0.4, -0.2) is 36.9 Å². The molecule has 36 heavy (non-hydrogen) atoms. The van der Waals surface area contributed by atoms with Crippen LogP contribution in [0, 0.1) is 0 Å². The van der Waals surface area contributed by atoms with Crippen LogP contribution in [0.3, 0.4) is 0 Å². The van der Waals surface area contributed by atoms with Crippen LogP contribution in [0.25, 0.3) is 0 Å². The molecule has 1 aromatic carbocycles. The number of rotatable bonds is 23. The molecule has 0 aliphatic carbocycles. The van der Waals surface area contributed by atoms with Gasteiger partial charge in [-0.1, -0.05) is 90.4 Å². The van der Waals surface area contributed by atoms with Crippen molar-refractivity contribution in [2.45, 2.75) is 116 Å². The molecule has 4 N–H and O–H groups in total. The Morgan fingerprint density at radius 3 is 1.89 bits per heavy atom. The summed E-state index contributed by atoms with van der Waals surface area (Å²) < 4.78 is 5.65. The Labute approximate surface area is 219 Å². The molecule has 3 amide bonds. The quantitative estimate of drug-likeness (QED) is 0.0971. The number of ether oxygens (including phenoxy) is 1. The topological polar surface area (TPSA) is 99.7 Å². The fourth-order valence-electron chi connectivity index (χ4n) is 4.02. The summed E-state index contributed by atoms with van der Waals surface area (Å²) in [5, 5.41) is 17.5. The van der Waals surface area contributed by atoms with Crippen molar-refractivity contribution in [3.63, 3.8) is 0 Å². The van der Waals surface area contributed by atoms with E-state index in [1.165, 1.54) is 57.8 Å². The molecule has 0 fully saturated rings. The van der Waals surface area contributed by atoms with Crippen molar-refractivity contribution in [3.05, 3.63) is 24.3 Å². The summed E-state index contributed by atoms with van der Waals surface area (Å²) in [6, 6.07) is 6.61. The third-order valence-corrected chi connectivity index (χ3v) is 6.25. The number of benzene rings is 1. The second-order valence-corrected chi connectivity index (χ2v) is 9.61. The van der Waals surface area contributed by atoms with Crippen molar-refractivity contribution in [1.29, 1.82) is 0 Å². The number of urea groups is 1. The highest BCUT2D eigenvalue weighted by Crippen LogP contribution is 2.16. The largest absolute Gasteiger partial charge is 0.508 e. The molecule has 7 heteroatoms. The molecule has 0 aliphatic heterocycles. The first-order valence-corrected chi connectivity index (χ1v) is 14.3. The van der Waals surface area contributed by atoms with E-state index in [1.807, 2.05) is 0 Å². The summed E-state index contributed by atoms with van der Waals surface area (Å²) in [6.45, 7) is 3.80. The van der Waals surface area contributed by atoms with Crippen LogP contribution in [0.1, 0.15) is 116 Å². The third kappa shape index (κ3) is 19.8. The zero-order valence-corrected chi connectivity index (χ0v) is 22.6. The second-order valence-electron chi connectivity index (χ2n) is 9.61. The highest BCUT2D eigenvalue weighted by molar-refractivity contribution is 5.77. The van der Waals surface area contributed by atoms with Gasteiger partial charge in [0, 0.05) is 13.0 Å². The van der Waals surface area contributed by atoms with E-state index in [4.69, 9.17) is 4.74 Å². The van der Waals surface area contributed by atoms with Crippen molar-refractivity contribution >= 4 is 11.9 Å². The number of amides is 3. The van der Waals surface area contributed by atoms with Crippen molar-refractivity contribution in [1.82, 2.24) is 16.0 Å². The Bertz CT molecular complexity index is 667. The average Bonchev–Trinajstić information content (AvgIpc) is 2.87. The summed E-state index contributed by atoms with van der Waals surface area (Å²) in [6.07, 6.45) is 19.4. The first kappa shape index (κ1) is 31.6. The highest BCUT2D eigenvalue weighted by atomic mass is 16.5. The van der Waals surface area contributed by atoms with Gasteiger partial charge in [-0.2, -0.15) is 0 Å². The van der Waals surface area contributed by atoms with Gasteiger partial charge in [-0.25, -0.2) is 4.79 Å². The molecule has 0 unspecified atom stereocenters. The maximum absolute atomic E-state index is 11.9. The summed E-state index contributed by atoms with van der Waals surface area (Å²) in [4.78, 5) is 23.7. The summed E-state index contributed by atoms with van der Waals surface area (Å²) in [5.74, 6) is 1.04.